The van der Waals surface area contributed by atoms with Crippen molar-refractivity contribution in [2.45, 2.75) is 20.3 Å². The third-order valence-electron chi connectivity index (χ3n) is 4.20. The molecule has 0 saturated heterocycles. The monoisotopic (exact) mass is 336 g/mol. The van der Waals surface area contributed by atoms with Crippen molar-refractivity contribution in [3.63, 3.8) is 0 Å². The minimum Gasteiger partial charge on any atom is -0.462 e. The smallest absolute Gasteiger partial charge is 0.342 e. The molecule has 0 unspecified atom stereocenters. The number of hydrogen-bond donors (Lipinski definition) is 1. The van der Waals surface area contributed by atoms with E-state index in [1.54, 1.807) is 47.9 Å². The average Bonchev–Trinajstić information content (AvgIpc) is 2.93. The van der Waals surface area contributed by atoms with Crippen molar-refractivity contribution in [1.29, 1.82) is 0 Å². The van der Waals surface area contributed by atoms with E-state index in [1.807, 2.05) is 12.1 Å². The summed E-state index contributed by atoms with van der Waals surface area (Å²) >= 11 is 0. The SMILES string of the molecule is CCOC(=O)c1c(N)c(C(=O)c2ccc(CC)cc2)n2ccccc12. The lowest BCUT2D eigenvalue weighted by Crippen LogP contribution is -2.10. The predicted octanol–water partition coefficient (Wildman–Crippen LogP) is 3.49. The third-order valence-corrected chi connectivity index (χ3v) is 4.20. The Morgan fingerprint density at radius 1 is 1.08 bits per heavy atom. The molecule has 1 aromatic carbocycles. The van der Waals surface area contributed by atoms with Gasteiger partial charge < -0.3 is 14.9 Å². The number of carbonyl (C=O) groups is 2. The van der Waals surface area contributed by atoms with E-state index in [-0.39, 0.29) is 29.3 Å². The van der Waals surface area contributed by atoms with Crippen LogP contribution in [0.5, 0.6) is 0 Å². The van der Waals surface area contributed by atoms with Crippen molar-refractivity contribution in [3.05, 3.63) is 71.0 Å². The number of aryl methyl sites for hydroxylation is 1. The Morgan fingerprint density at radius 3 is 2.44 bits per heavy atom. The van der Waals surface area contributed by atoms with Crippen LogP contribution in [0.2, 0.25) is 0 Å². The highest BCUT2D eigenvalue weighted by molar-refractivity contribution is 6.16. The number of fused-ring (bicyclic) bond motifs is 1. The van der Waals surface area contributed by atoms with Crippen molar-refractivity contribution in [2.24, 2.45) is 0 Å². The topological polar surface area (TPSA) is 73.8 Å². The summed E-state index contributed by atoms with van der Waals surface area (Å²) in [5.41, 5.74) is 9.10. The number of nitrogen functional groups attached to an aromatic ring is 1. The van der Waals surface area contributed by atoms with E-state index in [1.165, 1.54) is 0 Å². The van der Waals surface area contributed by atoms with E-state index in [0.29, 0.717) is 11.1 Å². The Morgan fingerprint density at radius 2 is 1.80 bits per heavy atom. The molecule has 5 heteroatoms. The summed E-state index contributed by atoms with van der Waals surface area (Å²) in [5, 5.41) is 0. The molecule has 5 nitrogen and oxygen atoms in total. The third kappa shape index (κ3) is 2.89. The highest BCUT2D eigenvalue weighted by Crippen LogP contribution is 2.29. The van der Waals surface area contributed by atoms with Gasteiger partial charge in [-0.15, -0.1) is 0 Å². The van der Waals surface area contributed by atoms with E-state index < -0.39 is 5.97 Å². The van der Waals surface area contributed by atoms with Gasteiger partial charge >= 0.3 is 5.97 Å². The summed E-state index contributed by atoms with van der Waals surface area (Å²) in [7, 11) is 0. The number of benzene rings is 1. The molecule has 0 radical (unpaired) electrons. The molecule has 0 saturated carbocycles. The van der Waals surface area contributed by atoms with Crippen LogP contribution in [0.25, 0.3) is 5.52 Å². The summed E-state index contributed by atoms with van der Waals surface area (Å²) < 4.78 is 6.75. The molecule has 0 fully saturated rings. The van der Waals surface area contributed by atoms with Gasteiger partial charge in [0, 0.05) is 11.8 Å². The first-order valence-corrected chi connectivity index (χ1v) is 8.27. The number of nitrogens with two attached hydrogens (primary N) is 1. The van der Waals surface area contributed by atoms with Gasteiger partial charge in [0.1, 0.15) is 11.3 Å². The maximum Gasteiger partial charge on any atom is 0.342 e. The largest absolute Gasteiger partial charge is 0.462 e. The summed E-state index contributed by atoms with van der Waals surface area (Å²) in [6.07, 6.45) is 2.62. The molecule has 2 N–H and O–H groups in total. The number of esters is 1. The highest BCUT2D eigenvalue weighted by Gasteiger charge is 2.26. The number of ether oxygens (including phenoxy) is 1. The molecular formula is C20H20N2O3. The average molecular weight is 336 g/mol. The maximum absolute atomic E-state index is 13.0. The van der Waals surface area contributed by atoms with Gasteiger partial charge in [0.05, 0.1) is 17.8 Å². The van der Waals surface area contributed by atoms with Crippen molar-refractivity contribution in [2.75, 3.05) is 12.3 Å². The molecule has 3 aromatic rings. The number of anilines is 1. The van der Waals surface area contributed by atoms with E-state index in [2.05, 4.69) is 6.92 Å². The maximum atomic E-state index is 13.0. The van der Waals surface area contributed by atoms with Gasteiger partial charge in [0.2, 0.25) is 5.78 Å². The first-order chi connectivity index (χ1) is 12.1. The van der Waals surface area contributed by atoms with Crippen molar-refractivity contribution < 1.29 is 14.3 Å². The second kappa shape index (κ2) is 6.81. The molecule has 0 spiro atoms. The summed E-state index contributed by atoms with van der Waals surface area (Å²) in [4.78, 5) is 25.3. The Hall–Kier alpha value is -3.08. The minimum absolute atomic E-state index is 0.147. The lowest BCUT2D eigenvalue weighted by atomic mass is 10.0. The van der Waals surface area contributed by atoms with Crippen molar-refractivity contribution >= 4 is 23.0 Å². The molecular weight excluding hydrogens is 316 g/mol. The number of rotatable bonds is 5. The van der Waals surface area contributed by atoms with E-state index >= 15 is 0 Å². The molecule has 0 aliphatic carbocycles. The molecule has 2 heterocycles. The number of ketones is 1. The van der Waals surface area contributed by atoms with Crippen LogP contribution in [0, 0.1) is 0 Å². The standard InChI is InChI=1S/C20H20N2O3/c1-3-13-8-10-14(11-9-13)19(23)18-17(21)16(20(24)25-4-2)15-7-5-6-12-22(15)18/h5-12H,3-4,21H2,1-2H3. The molecule has 0 aliphatic heterocycles. The molecule has 0 atom stereocenters. The number of hydrogen-bond acceptors (Lipinski definition) is 4. The molecule has 25 heavy (non-hydrogen) atoms. The second-order valence-corrected chi connectivity index (χ2v) is 5.69. The molecule has 0 amide bonds. The Balaban J connectivity index is 2.16. The van der Waals surface area contributed by atoms with Gasteiger partial charge in [-0.05, 0) is 31.0 Å². The fraction of sp³-hybridized carbons (Fsp3) is 0.200. The molecule has 0 bridgehead atoms. The first-order valence-electron chi connectivity index (χ1n) is 8.27. The van der Waals surface area contributed by atoms with E-state index in [0.717, 1.165) is 12.0 Å². The highest BCUT2D eigenvalue weighted by atomic mass is 16.5. The zero-order valence-corrected chi connectivity index (χ0v) is 14.3. The lowest BCUT2D eigenvalue weighted by Gasteiger charge is -2.05. The fourth-order valence-corrected chi connectivity index (χ4v) is 2.91. The molecule has 0 aliphatic rings. The van der Waals surface area contributed by atoms with Crippen LogP contribution in [0.15, 0.2) is 48.7 Å². The zero-order valence-electron chi connectivity index (χ0n) is 14.3. The van der Waals surface area contributed by atoms with Gasteiger partial charge in [-0.1, -0.05) is 37.3 Å². The Bertz CT molecular complexity index is 939. The summed E-state index contributed by atoms with van der Waals surface area (Å²) in [6, 6.07) is 12.7. The van der Waals surface area contributed by atoms with Crippen LogP contribution in [0.1, 0.15) is 45.8 Å². The van der Waals surface area contributed by atoms with Crippen LogP contribution in [-0.4, -0.2) is 22.8 Å². The van der Waals surface area contributed by atoms with Crippen molar-refractivity contribution in [3.8, 4) is 0 Å². The van der Waals surface area contributed by atoms with Gasteiger partial charge in [0.25, 0.3) is 0 Å². The fourth-order valence-electron chi connectivity index (χ4n) is 2.91. The second-order valence-electron chi connectivity index (χ2n) is 5.69. The summed E-state index contributed by atoms with van der Waals surface area (Å²) in [5.74, 6) is -0.749. The van der Waals surface area contributed by atoms with Crippen LogP contribution < -0.4 is 5.73 Å². The van der Waals surface area contributed by atoms with Crippen LogP contribution in [0.3, 0.4) is 0 Å². The van der Waals surface area contributed by atoms with E-state index in [4.69, 9.17) is 10.5 Å². The number of carbonyl (C=O) groups excluding carboxylic acids is 2. The number of nitrogens with zero attached hydrogens (tertiary/aromatic N) is 1. The van der Waals surface area contributed by atoms with Gasteiger partial charge in [-0.3, -0.25) is 4.79 Å². The Kier molecular flexibility index (Phi) is 4.57. The number of pyridine rings is 1. The van der Waals surface area contributed by atoms with Crippen LogP contribution >= 0.6 is 0 Å². The first kappa shape index (κ1) is 16.8. The Labute approximate surface area is 146 Å². The number of aromatic nitrogens is 1. The van der Waals surface area contributed by atoms with Gasteiger partial charge in [0.15, 0.2) is 0 Å². The predicted molar refractivity (Wildman–Crippen MR) is 97.0 cm³/mol. The summed E-state index contributed by atoms with van der Waals surface area (Å²) in [6.45, 7) is 4.03. The molecule has 2 aromatic heterocycles. The minimum atomic E-state index is -0.524. The lowest BCUT2D eigenvalue weighted by molar-refractivity contribution is 0.0530. The zero-order chi connectivity index (χ0) is 18.0. The quantitative estimate of drug-likeness (QED) is 0.572. The van der Waals surface area contributed by atoms with Crippen LogP contribution in [0.4, 0.5) is 5.69 Å². The molecule has 3 rings (SSSR count). The van der Waals surface area contributed by atoms with Gasteiger partial charge in [-0.25, -0.2) is 4.79 Å². The van der Waals surface area contributed by atoms with E-state index in [9.17, 15) is 9.59 Å². The van der Waals surface area contributed by atoms with Gasteiger partial charge in [-0.2, -0.15) is 0 Å². The van der Waals surface area contributed by atoms with Crippen molar-refractivity contribution in [1.82, 2.24) is 4.40 Å². The normalized spacial score (nSPS) is 10.8. The van der Waals surface area contributed by atoms with Crippen LogP contribution in [-0.2, 0) is 11.2 Å². The molecule has 128 valence electrons.